The lowest BCUT2D eigenvalue weighted by Gasteiger charge is -2.32. The molecule has 1 saturated carbocycles. The van der Waals surface area contributed by atoms with E-state index in [1.54, 1.807) is 24.3 Å². The van der Waals surface area contributed by atoms with E-state index < -0.39 is 5.97 Å². The molecule has 16 heavy (non-hydrogen) atoms. The van der Waals surface area contributed by atoms with Gasteiger partial charge in [0.05, 0.1) is 12.5 Å². The van der Waals surface area contributed by atoms with Crippen molar-refractivity contribution in [2.75, 3.05) is 0 Å². The second-order valence-corrected chi connectivity index (χ2v) is 3.85. The Morgan fingerprint density at radius 1 is 1.38 bits per heavy atom. The first-order valence-corrected chi connectivity index (χ1v) is 5.06. The van der Waals surface area contributed by atoms with E-state index in [1.165, 1.54) is 0 Å². The third kappa shape index (κ3) is 2.14. The number of aliphatic carboxylic acids is 1. The van der Waals surface area contributed by atoms with Gasteiger partial charge in [0.25, 0.3) is 0 Å². The summed E-state index contributed by atoms with van der Waals surface area (Å²) in [5, 5.41) is 8.70. The number of benzene rings is 1. The summed E-state index contributed by atoms with van der Waals surface area (Å²) in [5.41, 5.74) is 0.573. The van der Waals surface area contributed by atoms with Gasteiger partial charge in [-0.25, -0.2) is 4.85 Å². The lowest BCUT2D eigenvalue weighted by molar-refractivity contribution is -0.147. The van der Waals surface area contributed by atoms with Crippen molar-refractivity contribution < 1.29 is 14.6 Å². The van der Waals surface area contributed by atoms with Gasteiger partial charge in [-0.05, 0) is 25.0 Å². The van der Waals surface area contributed by atoms with E-state index in [4.69, 9.17) is 16.4 Å². The Balaban J connectivity index is 1.87. The van der Waals surface area contributed by atoms with Crippen LogP contribution in [-0.4, -0.2) is 17.2 Å². The molecule has 0 atom stereocenters. The minimum absolute atomic E-state index is 0.000102. The molecule has 1 aliphatic carbocycles. The van der Waals surface area contributed by atoms with Gasteiger partial charge < -0.3 is 9.84 Å². The van der Waals surface area contributed by atoms with E-state index in [0.717, 1.165) is 0 Å². The molecule has 4 heteroatoms. The van der Waals surface area contributed by atoms with Gasteiger partial charge in [0.1, 0.15) is 11.9 Å². The van der Waals surface area contributed by atoms with Gasteiger partial charge >= 0.3 is 5.97 Å². The van der Waals surface area contributed by atoms with Gasteiger partial charge in [0, 0.05) is 0 Å². The molecule has 0 saturated heterocycles. The highest BCUT2D eigenvalue weighted by atomic mass is 16.5. The normalized spacial score (nSPS) is 22.9. The van der Waals surface area contributed by atoms with Crippen molar-refractivity contribution in [2.45, 2.75) is 18.9 Å². The van der Waals surface area contributed by atoms with Crippen molar-refractivity contribution in [1.29, 1.82) is 0 Å². The van der Waals surface area contributed by atoms with Gasteiger partial charge in [-0.15, -0.1) is 0 Å². The Bertz CT molecular complexity index is 427. The van der Waals surface area contributed by atoms with Crippen molar-refractivity contribution in [3.8, 4) is 5.75 Å². The number of carboxylic acid groups (broad SMARTS) is 1. The Labute approximate surface area is 93.3 Å². The topological polar surface area (TPSA) is 50.9 Å². The van der Waals surface area contributed by atoms with E-state index in [1.807, 2.05) is 0 Å². The lowest BCUT2D eigenvalue weighted by Crippen LogP contribution is -2.38. The largest absolute Gasteiger partial charge is 0.490 e. The number of ether oxygens (including phenoxy) is 1. The first kappa shape index (κ1) is 10.5. The van der Waals surface area contributed by atoms with Crippen LogP contribution in [0.3, 0.4) is 0 Å². The fraction of sp³-hybridized carbons (Fsp3) is 0.333. The number of carbonyl (C=O) groups is 1. The van der Waals surface area contributed by atoms with E-state index in [-0.39, 0.29) is 12.0 Å². The molecule has 1 aromatic rings. The molecule has 0 spiro atoms. The molecular weight excluding hydrogens is 206 g/mol. The van der Waals surface area contributed by atoms with Crippen LogP contribution in [0.1, 0.15) is 12.8 Å². The van der Waals surface area contributed by atoms with E-state index >= 15 is 0 Å². The smallest absolute Gasteiger partial charge is 0.306 e. The summed E-state index contributed by atoms with van der Waals surface area (Å²) < 4.78 is 5.56. The molecule has 1 fully saturated rings. The Hall–Kier alpha value is -2.02. The number of hydrogen-bond donors (Lipinski definition) is 1. The Morgan fingerprint density at radius 2 is 2.00 bits per heavy atom. The molecule has 4 nitrogen and oxygen atoms in total. The van der Waals surface area contributed by atoms with Crippen LogP contribution in [-0.2, 0) is 4.79 Å². The first-order chi connectivity index (χ1) is 7.69. The van der Waals surface area contributed by atoms with Crippen LogP contribution in [0.25, 0.3) is 4.85 Å². The number of rotatable bonds is 3. The van der Waals surface area contributed by atoms with Crippen LogP contribution in [0, 0.1) is 12.5 Å². The second-order valence-electron chi connectivity index (χ2n) is 3.85. The average molecular weight is 217 g/mol. The summed E-state index contributed by atoms with van der Waals surface area (Å²) in [5.74, 6) is -0.308. The van der Waals surface area contributed by atoms with Crippen LogP contribution in [0.2, 0.25) is 0 Å². The minimum Gasteiger partial charge on any atom is -0.490 e. The summed E-state index contributed by atoms with van der Waals surface area (Å²) >= 11 is 0. The lowest BCUT2D eigenvalue weighted by atomic mass is 9.82. The fourth-order valence-corrected chi connectivity index (χ4v) is 1.66. The van der Waals surface area contributed by atoms with Crippen LogP contribution < -0.4 is 4.74 Å². The SMILES string of the molecule is [C-]#[N+]c1ccc(OC2CC(C(=O)O)C2)cc1. The highest BCUT2D eigenvalue weighted by Gasteiger charge is 2.35. The Morgan fingerprint density at radius 3 is 2.50 bits per heavy atom. The van der Waals surface area contributed by atoms with Gasteiger partial charge in [0.2, 0.25) is 0 Å². The maximum absolute atomic E-state index is 10.6. The molecular formula is C12H11NO3. The van der Waals surface area contributed by atoms with Crippen LogP contribution in [0.5, 0.6) is 5.75 Å². The predicted molar refractivity (Wildman–Crippen MR) is 57.5 cm³/mol. The molecule has 82 valence electrons. The molecule has 0 amide bonds. The molecule has 0 heterocycles. The number of carboxylic acids is 1. The van der Waals surface area contributed by atoms with Crippen molar-refractivity contribution in [2.24, 2.45) is 5.92 Å². The molecule has 0 bridgehead atoms. The molecule has 1 aromatic carbocycles. The highest BCUT2D eigenvalue weighted by Crippen LogP contribution is 2.31. The van der Waals surface area contributed by atoms with E-state index in [0.29, 0.717) is 24.3 Å². The van der Waals surface area contributed by atoms with Crippen LogP contribution in [0.4, 0.5) is 5.69 Å². The fourth-order valence-electron chi connectivity index (χ4n) is 1.66. The summed E-state index contributed by atoms with van der Waals surface area (Å²) in [6.07, 6.45) is 1.14. The van der Waals surface area contributed by atoms with E-state index in [2.05, 4.69) is 4.85 Å². The second kappa shape index (κ2) is 4.23. The van der Waals surface area contributed by atoms with Gasteiger partial charge in [-0.2, -0.15) is 0 Å². The Kier molecular flexibility index (Phi) is 2.78. The van der Waals surface area contributed by atoms with Gasteiger partial charge in [-0.1, -0.05) is 12.1 Å². The third-order valence-electron chi connectivity index (χ3n) is 2.71. The van der Waals surface area contributed by atoms with Gasteiger partial charge in [0.15, 0.2) is 5.69 Å². The molecule has 0 unspecified atom stereocenters. The number of hydrogen-bond acceptors (Lipinski definition) is 2. The zero-order chi connectivity index (χ0) is 11.5. The summed E-state index contributed by atoms with van der Waals surface area (Å²) in [6.45, 7) is 6.80. The molecule has 0 radical (unpaired) electrons. The summed E-state index contributed by atoms with van der Waals surface area (Å²) in [7, 11) is 0. The highest BCUT2D eigenvalue weighted by molar-refractivity contribution is 5.71. The van der Waals surface area contributed by atoms with Crippen molar-refractivity contribution >= 4 is 11.7 Å². The maximum Gasteiger partial charge on any atom is 0.306 e. The van der Waals surface area contributed by atoms with Crippen molar-refractivity contribution in [1.82, 2.24) is 0 Å². The zero-order valence-electron chi connectivity index (χ0n) is 8.59. The first-order valence-electron chi connectivity index (χ1n) is 5.06. The van der Waals surface area contributed by atoms with Gasteiger partial charge in [-0.3, -0.25) is 4.79 Å². The third-order valence-corrected chi connectivity index (χ3v) is 2.71. The monoisotopic (exact) mass is 217 g/mol. The van der Waals surface area contributed by atoms with Crippen LogP contribution in [0.15, 0.2) is 24.3 Å². The van der Waals surface area contributed by atoms with Crippen LogP contribution >= 0.6 is 0 Å². The maximum atomic E-state index is 10.6. The molecule has 2 rings (SSSR count). The zero-order valence-corrected chi connectivity index (χ0v) is 8.59. The summed E-state index contributed by atoms with van der Waals surface area (Å²) in [4.78, 5) is 13.9. The average Bonchev–Trinajstić information content (AvgIpc) is 2.23. The van der Waals surface area contributed by atoms with Crippen molar-refractivity contribution in [3.63, 3.8) is 0 Å². The molecule has 1 N–H and O–H groups in total. The number of nitrogens with zero attached hydrogens (tertiary/aromatic N) is 1. The van der Waals surface area contributed by atoms with Crippen molar-refractivity contribution in [3.05, 3.63) is 35.7 Å². The molecule has 0 aromatic heterocycles. The molecule has 1 aliphatic rings. The van der Waals surface area contributed by atoms with E-state index in [9.17, 15) is 4.79 Å². The molecule has 0 aliphatic heterocycles. The quantitative estimate of drug-likeness (QED) is 0.791. The minimum atomic E-state index is -0.747. The predicted octanol–water partition coefficient (Wildman–Crippen LogP) is 2.48. The summed E-state index contributed by atoms with van der Waals surface area (Å²) in [6, 6.07) is 6.86. The standard InChI is InChI=1S/C12H11NO3/c1-13-9-2-4-10(5-3-9)16-11-6-8(7-11)12(14)15/h2-5,8,11H,6-7H2,(H,14,15).